The van der Waals surface area contributed by atoms with E-state index < -0.39 is 10.0 Å². The minimum Gasteiger partial charge on any atom is -0.271 e. The van der Waals surface area contributed by atoms with E-state index in [1.165, 1.54) is 6.20 Å². The molecule has 0 atom stereocenters. The van der Waals surface area contributed by atoms with E-state index >= 15 is 0 Å². The van der Waals surface area contributed by atoms with Gasteiger partial charge in [-0.2, -0.15) is 5.10 Å². The first-order chi connectivity index (χ1) is 6.52. The number of sulfonamides is 1. The van der Waals surface area contributed by atoms with Crippen LogP contribution in [0.2, 0.25) is 0 Å². The molecule has 0 bridgehead atoms. The van der Waals surface area contributed by atoms with Crippen LogP contribution in [0.3, 0.4) is 0 Å². The van der Waals surface area contributed by atoms with Gasteiger partial charge in [-0.25, -0.2) is 13.6 Å². The molecule has 2 rings (SSSR count). The number of aryl methyl sites for hydroxylation is 1. The highest BCUT2D eigenvalue weighted by atomic mass is 32.2. The number of rotatable bonds is 3. The van der Waals surface area contributed by atoms with Crippen LogP contribution in [-0.4, -0.2) is 18.2 Å². The highest BCUT2D eigenvalue weighted by Crippen LogP contribution is 2.41. The third-order valence-corrected chi connectivity index (χ3v) is 3.28. The monoisotopic (exact) mass is 215 g/mol. The zero-order valence-electron chi connectivity index (χ0n) is 7.97. The summed E-state index contributed by atoms with van der Waals surface area (Å²) in [6.45, 7) is 2.58. The van der Waals surface area contributed by atoms with Crippen LogP contribution in [0.15, 0.2) is 11.1 Å². The lowest BCUT2D eigenvalue weighted by molar-refractivity contribution is 0.596. The summed E-state index contributed by atoms with van der Waals surface area (Å²) in [5.41, 5.74) is 0.648. The summed E-state index contributed by atoms with van der Waals surface area (Å²) in [6.07, 6.45) is 3.55. The van der Waals surface area contributed by atoms with Crippen molar-refractivity contribution in [1.82, 2.24) is 9.78 Å². The Morgan fingerprint density at radius 3 is 2.71 bits per heavy atom. The van der Waals surface area contributed by atoms with Gasteiger partial charge in [0.2, 0.25) is 10.0 Å². The van der Waals surface area contributed by atoms with E-state index in [9.17, 15) is 8.42 Å². The third-order valence-electron chi connectivity index (χ3n) is 2.35. The third kappa shape index (κ3) is 1.67. The van der Waals surface area contributed by atoms with E-state index in [1.807, 2.05) is 6.92 Å². The molecule has 0 saturated heterocycles. The van der Waals surface area contributed by atoms with Gasteiger partial charge in [0.25, 0.3) is 0 Å². The zero-order chi connectivity index (χ0) is 10.3. The summed E-state index contributed by atoms with van der Waals surface area (Å²) >= 11 is 0. The first-order valence-electron chi connectivity index (χ1n) is 4.62. The molecular weight excluding hydrogens is 202 g/mol. The van der Waals surface area contributed by atoms with Crippen molar-refractivity contribution in [3.8, 4) is 0 Å². The van der Waals surface area contributed by atoms with Crippen molar-refractivity contribution in [2.45, 2.75) is 37.1 Å². The summed E-state index contributed by atoms with van der Waals surface area (Å²) in [7, 11) is -3.61. The molecular formula is C8H13N3O2S. The number of aromatic nitrogens is 2. The number of hydrogen-bond acceptors (Lipinski definition) is 3. The van der Waals surface area contributed by atoms with Gasteiger partial charge < -0.3 is 0 Å². The van der Waals surface area contributed by atoms with Gasteiger partial charge in [0.15, 0.2) is 0 Å². The lowest BCUT2D eigenvalue weighted by Gasteiger charge is -1.95. The van der Waals surface area contributed by atoms with Gasteiger partial charge in [0, 0.05) is 18.7 Å². The van der Waals surface area contributed by atoms with Crippen LogP contribution in [-0.2, 0) is 16.6 Å². The summed E-state index contributed by atoms with van der Waals surface area (Å²) in [5, 5.41) is 9.32. The van der Waals surface area contributed by atoms with Gasteiger partial charge in [-0.1, -0.05) is 0 Å². The van der Waals surface area contributed by atoms with Crippen LogP contribution >= 0.6 is 0 Å². The molecule has 1 fully saturated rings. The van der Waals surface area contributed by atoms with Gasteiger partial charge in [-0.3, -0.25) is 4.68 Å². The highest BCUT2D eigenvalue weighted by Gasteiger charge is 2.32. The summed E-state index contributed by atoms with van der Waals surface area (Å²) in [5.74, 6) is 0.302. The second-order valence-corrected chi connectivity index (χ2v) is 5.08. The Kier molecular flexibility index (Phi) is 2.11. The predicted octanol–water partition coefficient (Wildman–Crippen LogP) is 0.428. The Morgan fingerprint density at radius 2 is 2.29 bits per heavy atom. The maximum Gasteiger partial charge on any atom is 0.241 e. The van der Waals surface area contributed by atoms with Crippen LogP contribution in [0.4, 0.5) is 0 Å². The van der Waals surface area contributed by atoms with Gasteiger partial charge in [0.05, 0.1) is 5.69 Å². The minimum atomic E-state index is -3.61. The van der Waals surface area contributed by atoms with Crippen LogP contribution in [0.25, 0.3) is 0 Å². The smallest absolute Gasteiger partial charge is 0.241 e. The van der Waals surface area contributed by atoms with E-state index in [2.05, 4.69) is 5.10 Å². The van der Waals surface area contributed by atoms with Gasteiger partial charge >= 0.3 is 0 Å². The lowest BCUT2D eigenvalue weighted by atomic mass is 10.3. The fourth-order valence-corrected chi connectivity index (χ4v) is 2.21. The average Bonchev–Trinajstić information content (AvgIpc) is 2.83. The topological polar surface area (TPSA) is 78.0 Å². The van der Waals surface area contributed by atoms with E-state index in [0.717, 1.165) is 12.8 Å². The Labute approximate surface area is 83.0 Å². The lowest BCUT2D eigenvalue weighted by Crippen LogP contribution is -2.13. The van der Waals surface area contributed by atoms with Crippen molar-refractivity contribution in [2.75, 3.05) is 0 Å². The van der Waals surface area contributed by atoms with Crippen LogP contribution < -0.4 is 5.14 Å². The molecule has 0 unspecified atom stereocenters. The predicted molar refractivity (Wildman–Crippen MR) is 51.2 cm³/mol. The van der Waals surface area contributed by atoms with Gasteiger partial charge in [-0.15, -0.1) is 0 Å². The molecule has 1 heterocycles. The highest BCUT2D eigenvalue weighted by molar-refractivity contribution is 7.89. The SMILES string of the molecule is CCn1cc(S(N)(=O)=O)c(C2CC2)n1. The summed E-state index contributed by atoms with van der Waals surface area (Å²) in [4.78, 5) is 0.196. The van der Waals surface area contributed by atoms with Crippen molar-refractivity contribution in [2.24, 2.45) is 5.14 Å². The van der Waals surface area contributed by atoms with E-state index in [4.69, 9.17) is 5.14 Å². The van der Waals surface area contributed by atoms with Crippen molar-refractivity contribution < 1.29 is 8.42 Å². The summed E-state index contributed by atoms with van der Waals surface area (Å²) in [6, 6.07) is 0. The molecule has 14 heavy (non-hydrogen) atoms. The molecule has 1 aliphatic rings. The molecule has 1 aliphatic carbocycles. The van der Waals surface area contributed by atoms with Gasteiger partial charge in [-0.05, 0) is 19.8 Å². The molecule has 5 nitrogen and oxygen atoms in total. The number of nitrogens with two attached hydrogens (primary N) is 1. The van der Waals surface area contributed by atoms with Crippen molar-refractivity contribution >= 4 is 10.0 Å². The van der Waals surface area contributed by atoms with Crippen molar-refractivity contribution in [3.63, 3.8) is 0 Å². The van der Waals surface area contributed by atoms with E-state index in [1.54, 1.807) is 4.68 Å². The number of hydrogen-bond donors (Lipinski definition) is 1. The number of primary sulfonamides is 1. The molecule has 1 saturated carbocycles. The Bertz CT molecular complexity index is 445. The minimum absolute atomic E-state index is 0.196. The van der Waals surface area contributed by atoms with Crippen molar-refractivity contribution in [1.29, 1.82) is 0 Å². The molecule has 0 radical (unpaired) electrons. The Hall–Kier alpha value is -0.880. The van der Waals surface area contributed by atoms with E-state index in [0.29, 0.717) is 18.2 Å². The molecule has 0 amide bonds. The molecule has 78 valence electrons. The first kappa shape index (κ1) is 9.67. The first-order valence-corrected chi connectivity index (χ1v) is 6.17. The maximum atomic E-state index is 11.2. The van der Waals surface area contributed by atoms with Crippen LogP contribution in [0.1, 0.15) is 31.4 Å². The second-order valence-electron chi connectivity index (χ2n) is 3.55. The number of nitrogens with zero attached hydrogens (tertiary/aromatic N) is 2. The molecule has 2 N–H and O–H groups in total. The average molecular weight is 215 g/mol. The van der Waals surface area contributed by atoms with Crippen LogP contribution in [0.5, 0.6) is 0 Å². The molecule has 1 aromatic heterocycles. The van der Waals surface area contributed by atoms with Gasteiger partial charge in [0.1, 0.15) is 4.90 Å². The second kappa shape index (κ2) is 3.06. The Morgan fingerprint density at radius 1 is 1.64 bits per heavy atom. The Balaban J connectivity index is 2.51. The molecule has 0 spiro atoms. The quantitative estimate of drug-likeness (QED) is 0.794. The molecule has 0 aromatic carbocycles. The molecule has 6 heteroatoms. The van der Waals surface area contributed by atoms with Crippen molar-refractivity contribution in [3.05, 3.63) is 11.9 Å². The zero-order valence-corrected chi connectivity index (χ0v) is 8.79. The summed E-state index contributed by atoms with van der Waals surface area (Å²) < 4.78 is 24.1. The largest absolute Gasteiger partial charge is 0.271 e. The maximum absolute atomic E-state index is 11.2. The fraction of sp³-hybridized carbons (Fsp3) is 0.625. The van der Waals surface area contributed by atoms with Crippen LogP contribution in [0, 0.1) is 0 Å². The molecule has 1 aromatic rings. The standard InChI is InChI=1S/C8H13N3O2S/c1-2-11-5-7(14(9,12)13)8(10-11)6-3-4-6/h5-6H,2-4H2,1H3,(H2,9,12,13). The fourth-order valence-electron chi connectivity index (χ4n) is 1.44. The van der Waals surface area contributed by atoms with E-state index in [-0.39, 0.29) is 4.90 Å². The molecule has 0 aliphatic heterocycles. The normalized spacial score (nSPS) is 17.3.